The number of rotatable bonds is 4. The van der Waals surface area contributed by atoms with Crippen LogP contribution in [0.4, 0.5) is 11.4 Å². The van der Waals surface area contributed by atoms with Crippen LogP contribution in [-0.4, -0.2) is 28.0 Å². The van der Waals surface area contributed by atoms with Gasteiger partial charge >= 0.3 is 0 Å². The van der Waals surface area contributed by atoms with Crippen LogP contribution in [0.3, 0.4) is 0 Å². The minimum Gasteiger partial charge on any atom is -0.465 e. The van der Waals surface area contributed by atoms with Crippen LogP contribution in [0.5, 0.6) is 5.75 Å². The lowest BCUT2D eigenvalue weighted by atomic mass is 10.2. The second-order valence-electron chi connectivity index (χ2n) is 3.14. The van der Waals surface area contributed by atoms with Crippen LogP contribution in [0.2, 0.25) is 0 Å². The standard InChI is InChI=1S/C10H16N2O2/c1-12(2)10-8(11)5-4-6-9(10)14-7-13-3/h4-6H,7,11H2,1-3H3. The van der Waals surface area contributed by atoms with Gasteiger partial charge in [0.1, 0.15) is 11.4 Å². The molecule has 4 nitrogen and oxygen atoms in total. The molecular weight excluding hydrogens is 180 g/mol. The van der Waals surface area contributed by atoms with Gasteiger partial charge in [0.15, 0.2) is 6.79 Å². The fourth-order valence-corrected chi connectivity index (χ4v) is 1.26. The average molecular weight is 196 g/mol. The molecule has 0 radical (unpaired) electrons. The monoisotopic (exact) mass is 196 g/mol. The molecule has 0 bridgehead atoms. The molecule has 0 aliphatic rings. The molecule has 0 fully saturated rings. The third kappa shape index (κ3) is 2.29. The summed E-state index contributed by atoms with van der Waals surface area (Å²) in [5, 5.41) is 0. The van der Waals surface area contributed by atoms with Crippen molar-refractivity contribution in [1.29, 1.82) is 0 Å². The summed E-state index contributed by atoms with van der Waals surface area (Å²) in [5.74, 6) is 0.733. The predicted molar refractivity (Wildman–Crippen MR) is 57.7 cm³/mol. The third-order valence-corrected chi connectivity index (χ3v) is 1.81. The van der Waals surface area contributed by atoms with E-state index in [-0.39, 0.29) is 6.79 Å². The van der Waals surface area contributed by atoms with E-state index in [0.717, 1.165) is 11.4 Å². The summed E-state index contributed by atoms with van der Waals surface area (Å²) < 4.78 is 10.2. The summed E-state index contributed by atoms with van der Waals surface area (Å²) >= 11 is 0. The maximum atomic E-state index is 5.83. The number of nitrogens with two attached hydrogens (primary N) is 1. The van der Waals surface area contributed by atoms with Gasteiger partial charge in [-0.25, -0.2) is 0 Å². The Hall–Kier alpha value is -1.42. The van der Waals surface area contributed by atoms with E-state index in [1.165, 1.54) is 0 Å². The Bertz CT molecular complexity index is 300. The van der Waals surface area contributed by atoms with Gasteiger partial charge in [0.05, 0.1) is 5.69 Å². The Labute approximate surface area is 84.2 Å². The van der Waals surface area contributed by atoms with Gasteiger partial charge in [-0.3, -0.25) is 0 Å². The van der Waals surface area contributed by atoms with Crippen molar-refractivity contribution in [3.63, 3.8) is 0 Å². The van der Waals surface area contributed by atoms with E-state index in [2.05, 4.69) is 0 Å². The fraction of sp³-hybridized carbons (Fsp3) is 0.400. The Balaban J connectivity index is 2.96. The van der Waals surface area contributed by atoms with Gasteiger partial charge in [0, 0.05) is 21.2 Å². The summed E-state index contributed by atoms with van der Waals surface area (Å²) in [4.78, 5) is 1.92. The maximum absolute atomic E-state index is 5.83. The molecule has 1 rings (SSSR count). The number of methoxy groups -OCH3 is 1. The first kappa shape index (κ1) is 10.7. The summed E-state index contributed by atoms with van der Waals surface area (Å²) in [6.45, 7) is 0.226. The molecule has 1 aromatic rings. The lowest BCUT2D eigenvalue weighted by molar-refractivity contribution is 0.0515. The lowest BCUT2D eigenvalue weighted by Gasteiger charge is -2.19. The van der Waals surface area contributed by atoms with Crippen molar-refractivity contribution >= 4 is 11.4 Å². The highest BCUT2D eigenvalue weighted by Crippen LogP contribution is 2.32. The van der Waals surface area contributed by atoms with Gasteiger partial charge in [0.2, 0.25) is 0 Å². The Kier molecular flexibility index (Phi) is 3.59. The molecule has 2 N–H and O–H groups in total. The first-order chi connectivity index (χ1) is 6.66. The first-order valence-electron chi connectivity index (χ1n) is 4.34. The van der Waals surface area contributed by atoms with Crippen LogP contribution in [0.1, 0.15) is 0 Å². The van der Waals surface area contributed by atoms with E-state index in [4.69, 9.17) is 15.2 Å². The van der Waals surface area contributed by atoms with Crippen LogP contribution in [0, 0.1) is 0 Å². The van der Waals surface area contributed by atoms with Gasteiger partial charge < -0.3 is 20.1 Å². The molecule has 0 amide bonds. The summed E-state index contributed by atoms with van der Waals surface area (Å²) in [6, 6.07) is 5.56. The van der Waals surface area contributed by atoms with Gasteiger partial charge in [-0.15, -0.1) is 0 Å². The first-order valence-corrected chi connectivity index (χ1v) is 4.34. The van der Waals surface area contributed by atoms with E-state index in [1.54, 1.807) is 7.11 Å². The number of benzene rings is 1. The second kappa shape index (κ2) is 4.72. The van der Waals surface area contributed by atoms with E-state index < -0.39 is 0 Å². The molecule has 0 aliphatic carbocycles. The topological polar surface area (TPSA) is 47.7 Å². The summed E-state index contributed by atoms with van der Waals surface area (Å²) in [6.07, 6.45) is 0. The van der Waals surface area contributed by atoms with Crippen molar-refractivity contribution < 1.29 is 9.47 Å². The highest BCUT2D eigenvalue weighted by Gasteiger charge is 2.08. The fourth-order valence-electron chi connectivity index (χ4n) is 1.26. The van der Waals surface area contributed by atoms with Crippen LogP contribution in [0.25, 0.3) is 0 Å². The SMILES string of the molecule is COCOc1cccc(N)c1N(C)C. The zero-order chi connectivity index (χ0) is 10.6. The number of hydrogen-bond acceptors (Lipinski definition) is 4. The lowest BCUT2D eigenvalue weighted by Crippen LogP contribution is -2.13. The van der Waals surface area contributed by atoms with E-state index in [0.29, 0.717) is 5.69 Å². The Morgan fingerprint density at radius 3 is 2.64 bits per heavy atom. The quantitative estimate of drug-likeness (QED) is 0.582. The van der Waals surface area contributed by atoms with Crippen LogP contribution in [-0.2, 0) is 4.74 Å². The molecule has 0 saturated heterocycles. The number of hydrogen-bond donors (Lipinski definition) is 1. The Morgan fingerprint density at radius 2 is 2.07 bits per heavy atom. The number of nitrogens with zero attached hydrogens (tertiary/aromatic N) is 1. The molecular formula is C10H16N2O2. The molecule has 0 aliphatic heterocycles. The molecule has 0 atom stereocenters. The van der Waals surface area contributed by atoms with Crippen molar-refractivity contribution in [1.82, 2.24) is 0 Å². The molecule has 78 valence electrons. The van der Waals surface area contributed by atoms with Crippen molar-refractivity contribution in [2.24, 2.45) is 0 Å². The smallest absolute Gasteiger partial charge is 0.188 e. The van der Waals surface area contributed by atoms with Crippen molar-refractivity contribution in [3.05, 3.63) is 18.2 Å². The van der Waals surface area contributed by atoms with Gasteiger partial charge in [-0.05, 0) is 12.1 Å². The van der Waals surface area contributed by atoms with Crippen LogP contribution in [0.15, 0.2) is 18.2 Å². The molecule has 14 heavy (non-hydrogen) atoms. The van der Waals surface area contributed by atoms with Crippen molar-refractivity contribution in [2.45, 2.75) is 0 Å². The highest BCUT2D eigenvalue weighted by molar-refractivity contribution is 5.74. The average Bonchev–Trinajstić information content (AvgIpc) is 2.14. The Morgan fingerprint density at radius 1 is 1.36 bits per heavy atom. The molecule has 0 saturated carbocycles. The van der Waals surface area contributed by atoms with E-state index in [1.807, 2.05) is 37.2 Å². The predicted octanol–water partition coefficient (Wildman–Crippen LogP) is 1.32. The minimum atomic E-state index is 0.226. The van der Waals surface area contributed by atoms with Crippen LogP contribution >= 0.6 is 0 Å². The number of anilines is 2. The van der Waals surface area contributed by atoms with E-state index >= 15 is 0 Å². The number of para-hydroxylation sites is 1. The van der Waals surface area contributed by atoms with Gasteiger partial charge in [-0.1, -0.05) is 6.07 Å². The minimum absolute atomic E-state index is 0.226. The molecule has 1 aromatic carbocycles. The zero-order valence-corrected chi connectivity index (χ0v) is 8.78. The molecule has 0 spiro atoms. The maximum Gasteiger partial charge on any atom is 0.188 e. The van der Waals surface area contributed by atoms with Crippen LogP contribution < -0.4 is 15.4 Å². The van der Waals surface area contributed by atoms with Gasteiger partial charge in [-0.2, -0.15) is 0 Å². The van der Waals surface area contributed by atoms with E-state index in [9.17, 15) is 0 Å². The number of nitrogen functional groups attached to an aromatic ring is 1. The largest absolute Gasteiger partial charge is 0.465 e. The molecule has 0 aromatic heterocycles. The molecule has 0 unspecified atom stereocenters. The highest BCUT2D eigenvalue weighted by atomic mass is 16.7. The second-order valence-corrected chi connectivity index (χ2v) is 3.14. The molecule has 0 heterocycles. The third-order valence-electron chi connectivity index (χ3n) is 1.81. The summed E-state index contributed by atoms with van der Waals surface area (Å²) in [5.41, 5.74) is 7.41. The number of ether oxygens (including phenoxy) is 2. The summed E-state index contributed by atoms with van der Waals surface area (Å²) in [7, 11) is 5.43. The normalized spacial score (nSPS) is 9.93. The van der Waals surface area contributed by atoms with Gasteiger partial charge in [0.25, 0.3) is 0 Å². The molecule has 4 heteroatoms. The van der Waals surface area contributed by atoms with Crippen molar-refractivity contribution in [3.8, 4) is 5.75 Å². The van der Waals surface area contributed by atoms with Crippen molar-refractivity contribution in [2.75, 3.05) is 38.6 Å². The zero-order valence-electron chi connectivity index (χ0n) is 8.78.